The van der Waals surface area contributed by atoms with Gasteiger partial charge in [-0.2, -0.15) is 0 Å². The van der Waals surface area contributed by atoms with Gasteiger partial charge in [-0.15, -0.1) is 5.10 Å². The molecule has 0 saturated heterocycles. The van der Waals surface area contributed by atoms with E-state index in [9.17, 15) is 4.79 Å². The number of nitrogens with zero attached hydrogens (tertiary/aromatic N) is 2. The van der Waals surface area contributed by atoms with Crippen molar-refractivity contribution < 1.29 is 4.79 Å². The first kappa shape index (κ1) is 13.1. The maximum atomic E-state index is 11.7. The lowest BCUT2D eigenvalue weighted by atomic mass is 10.3. The van der Waals surface area contributed by atoms with Crippen molar-refractivity contribution in [1.29, 1.82) is 0 Å². The summed E-state index contributed by atoms with van der Waals surface area (Å²) in [7, 11) is 0. The summed E-state index contributed by atoms with van der Waals surface area (Å²) in [6, 6.07) is 0. The van der Waals surface area contributed by atoms with Crippen LogP contribution in [0.5, 0.6) is 0 Å². The molecule has 0 unspecified atom stereocenters. The Kier molecular flexibility index (Phi) is 5.95. The molecule has 1 heterocycles. The Bertz CT molecular complexity index is 326. The van der Waals surface area contributed by atoms with Crippen LogP contribution in [0.4, 0.5) is 0 Å². The Morgan fingerprint density at radius 3 is 2.81 bits per heavy atom. The summed E-state index contributed by atoms with van der Waals surface area (Å²) in [5.41, 5.74) is 0.781. The SMILES string of the molecule is CCCNCCNC(=O)c1snnc1CC. The molecule has 0 radical (unpaired) electrons. The Hall–Kier alpha value is -1.01. The van der Waals surface area contributed by atoms with Gasteiger partial charge in [0.15, 0.2) is 0 Å². The molecule has 1 rings (SSSR count). The molecular formula is C10H18N4OS. The number of rotatable bonds is 7. The van der Waals surface area contributed by atoms with Gasteiger partial charge in [-0.3, -0.25) is 4.79 Å². The number of hydrogen-bond donors (Lipinski definition) is 2. The zero-order chi connectivity index (χ0) is 11.8. The van der Waals surface area contributed by atoms with Crippen molar-refractivity contribution >= 4 is 17.4 Å². The molecule has 0 aromatic carbocycles. The zero-order valence-electron chi connectivity index (χ0n) is 9.75. The minimum Gasteiger partial charge on any atom is -0.350 e. The van der Waals surface area contributed by atoms with Crippen molar-refractivity contribution in [3.05, 3.63) is 10.6 Å². The predicted octanol–water partition coefficient (Wildman–Crippen LogP) is 0.830. The van der Waals surface area contributed by atoms with Crippen LogP contribution in [0.25, 0.3) is 0 Å². The van der Waals surface area contributed by atoms with Gasteiger partial charge in [-0.05, 0) is 30.9 Å². The molecular weight excluding hydrogens is 224 g/mol. The first-order valence-electron chi connectivity index (χ1n) is 5.59. The fourth-order valence-corrected chi connectivity index (χ4v) is 1.93. The molecule has 0 spiro atoms. The van der Waals surface area contributed by atoms with Gasteiger partial charge in [-0.25, -0.2) is 0 Å². The summed E-state index contributed by atoms with van der Waals surface area (Å²) in [5.74, 6) is -0.0647. The maximum absolute atomic E-state index is 11.7. The molecule has 6 heteroatoms. The van der Waals surface area contributed by atoms with Crippen LogP contribution < -0.4 is 10.6 Å². The third-order valence-electron chi connectivity index (χ3n) is 2.11. The third-order valence-corrected chi connectivity index (χ3v) is 2.88. The van der Waals surface area contributed by atoms with Crippen molar-refractivity contribution in [2.24, 2.45) is 0 Å². The van der Waals surface area contributed by atoms with Crippen LogP contribution in [0, 0.1) is 0 Å². The van der Waals surface area contributed by atoms with Crippen LogP contribution in [-0.2, 0) is 6.42 Å². The minimum absolute atomic E-state index is 0.0647. The largest absolute Gasteiger partial charge is 0.350 e. The fourth-order valence-electron chi connectivity index (χ4n) is 1.26. The van der Waals surface area contributed by atoms with Gasteiger partial charge in [0.05, 0.1) is 5.69 Å². The van der Waals surface area contributed by atoms with Gasteiger partial charge in [-0.1, -0.05) is 18.3 Å². The molecule has 5 nitrogen and oxygen atoms in total. The summed E-state index contributed by atoms with van der Waals surface area (Å²) in [4.78, 5) is 12.3. The van der Waals surface area contributed by atoms with Crippen molar-refractivity contribution in [2.75, 3.05) is 19.6 Å². The first-order chi connectivity index (χ1) is 7.79. The number of aromatic nitrogens is 2. The number of carbonyl (C=O) groups is 1. The Balaban J connectivity index is 2.30. The first-order valence-corrected chi connectivity index (χ1v) is 6.37. The highest BCUT2D eigenvalue weighted by Crippen LogP contribution is 2.10. The highest BCUT2D eigenvalue weighted by atomic mass is 32.1. The second-order valence-electron chi connectivity index (χ2n) is 3.41. The quantitative estimate of drug-likeness (QED) is 0.695. The monoisotopic (exact) mass is 242 g/mol. The van der Waals surface area contributed by atoms with E-state index in [1.54, 1.807) is 0 Å². The summed E-state index contributed by atoms with van der Waals surface area (Å²) in [6.45, 7) is 6.50. The normalized spacial score (nSPS) is 10.4. The van der Waals surface area contributed by atoms with Gasteiger partial charge in [0.25, 0.3) is 5.91 Å². The van der Waals surface area contributed by atoms with E-state index in [4.69, 9.17) is 0 Å². The molecule has 0 saturated carbocycles. The van der Waals surface area contributed by atoms with Crippen molar-refractivity contribution in [2.45, 2.75) is 26.7 Å². The van der Waals surface area contributed by atoms with Gasteiger partial charge in [0.2, 0.25) is 0 Å². The van der Waals surface area contributed by atoms with E-state index < -0.39 is 0 Å². The lowest BCUT2D eigenvalue weighted by Crippen LogP contribution is -2.32. The summed E-state index contributed by atoms with van der Waals surface area (Å²) >= 11 is 1.16. The average Bonchev–Trinajstić information content (AvgIpc) is 2.76. The zero-order valence-corrected chi connectivity index (χ0v) is 10.6. The molecule has 0 aliphatic heterocycles. The predicted molar refractivity (Wildman–Crippen MR) is 64.8 cm³/mol. The number of aryl methyl sites for hydroxylation is 1. The van der Waals surface area contributed by atoms with Crippen LogP contribution >= 0.6 is 11.5 Å². The van der Waals surface area contributed by atoms with Gasteiger partial charge < -0.3 is 10.6 Å². The molecule has 0 aliphatic carbocycles. The Labute approximate surface area is 99.8 Å². The van der Waals surface area contributed by atoms with Crippen molar-refractivity contribution in [3.63, 3.8) is 0 Å². The minimum atomic E-state index is -0.0647. The third kappa shape index (κ3) is 3.86. The number of amides is 1. The van der Waals surface area contributed by atoms with Crippen LogP contribution in [0.1, 0.15) is 35.6 Å². The van der Waals surface area contributed by atoms with Gasteiger partial charge >= 0.3 is 0 Å². The second kappa shape index (κ2) is 7.29. The molecule has 0 atom stereocenters. The van der Waals surface area contributed by atoms with E-state index in [-0.39, 0.29) is 5.91 Å². The standard InChI is InChI=1S/C10H18N4OS/c1-3-5-11-6-7-12-10(15)9-8(4-2)13-14-16-9/h11H,3-7H2,1-2H3,(H,12,15). The smallest absolute Gasteiger partial charge is 0.264 e. The lowest BCUT2D eigenvalue weighted by molar-refractivity contribution is 0.0957. The number of hydrogen-bond acceptors (Lipinski definition) is 5. The Morgan fingerprint density at radius 2 is 2.12 bits per heavy atom. The molecule has 2 N–H and O–H groups in total. The van der Waals surface area contributed by atoms with E-state index in [0.29, 0.717) is 11.4 Å². The molecule has 0 fully saturated rings. The van der Waals surface area contributed by atoms with Gasteiger partial charge in [0, 0.05) is 13.1 Å². The summed E-state index contributed by atoms with van der Waals surface area (Å²) in [6.07, 6.45) is 1.85. The molecule has 1 aromatic heterocycles. The Morgan fingerprint density at radius 1 is 1.31 bits per heavy atom. The van der Waals surface area contributed by atoms with Crippen molar-refractivity contribution in [1.82, 2.24) is 20.2 Å². The molecule has 90 valence electrons. The van der Waals surface area contributed by atoms with E-state index in [1.165, 1.54) is 0 Å². The highest BCUT2D eigenvalue weighted by Gasteiger charge is 2.13. The van der Waals surface area contributed by atoms with Crippen LogP contribution in [0.15, 0.2) is 0 Å². The van der Waals surface area contributed by atoms with Crippen LogP contribution in [0.3, 0.4) is 0 Å². The van der Waals surface area contributed by atoms with E-state index >= 15 is 0 Å². The number of nitrogens with one attached hydrogen (secondary N) is 2. The molecule has 1 aromatic rings. The molecule has 0 bridgehead atoms. The number of carbonyl (C=O) groups excluding carboxylic acids is 1. The maximum Gasteiger partial charge on any atom is 0.264 e. The van der Waals surface area contributed by atoms with Gasteiger partial charge in [0.1, 0.15) is 4.88 Å². The average molecular weight is 242 g/mol. The topological polar surface area (TPSA) is 66.9 Å². The summed E-state index contributed by atoms with van der Waals surface area (Å²) < 4.78 is 3.79. The van der Waals surface area contributed by atoms with Crippen LogP contribution in [-0.4, -0.2) is 35.1 Å². The fraction of sp³-hybridized carbons (Fsp3) is 0.700. The van der Waals surface area contributed by atoms with E-state index in [2.05, 4.69) is 27.1 Å². The lowest BCUT2D eigenvalue weighted by Gasteiger charge is -2.04. The highest BCUT2D eigenvalue weighted by molar-refractivity contribution is 7.08. The van der Waals surface area contributed by atoms with Crippen molar-refractivity contribution in [3.8, 4) is 0 Å². The summed E-state index contributed by atoms with van der Waals surface area (Å²) in [5, 5.41) is 9.97. The second-order valence-corrected chi connectivity index (χ2v) is 4.16. The molecule has 0 aliphatic rings. The molecule has 1 amide bonds. The van der Waals surface area contributed by atoms with E-state index in [0.717, 1.165) is 43.2 Å². The van der Waals surface area contributed by atoms with E-state index in [1.807, 2.05) is 6.92 Å². The van der Waals surface area contributed by atoms with Crippen LogP contribution in [0.2, 0.25) is 0 Å². The molecule has 16 heavy (non-hydrogen) atoms.